The molecule has 1 unspecified atom stereocenters. The first-order valence-electron chi connectivity index (χ1n) is 9.45. The van der Waals surface area contributed by atoms with Crippen molar-refractivity contribution in [3.05, 3.63) is 23.0 Å². The minimum absolute atomic E-state index is 0.00427. The van der Waals surface area contributed by atoms with E-state index in [0.717, 1.165) is 39.0 Å². The number of hydrogen-bond donors (Lipinski definition) is 1. The van der Waals surface area contributed by atoms with Gasteiger partial charge in [0.2, 0.25) is 5.91 Å². The maximum Gasteiger partial charge on any atom is 0.230 e. The zero-order chi connectivity index (χ0) is 19.1. The van der Waals surface area contributed by atoms with Gasteiger partial charge in [0.25, 0.3) is 0 Å². The Hall–Kier alpha value is -1.28. The number of rotatable bonds is 4. The fraction of sp³-hybridized carbons (Fsp3) is 0.579. The number of aromatic nitrogens is 1. The molecule has 1 N–H and O–H groups in total. The lowest BCUT2D eigenvalue weighted by atomic mass is 9.93. The van der Waals surface area contributed by atoms with Gasteiger partial charge in [0.05, 0.1) is 15.6 Å². The summed E-state index contributed by atoms with van der Waals surface area (Å²) in [5.41, 5.74) is 0.534. The van der Waals surface area contributed by atoms with E-state index in [4.69, 9.17) is 11.6 Å². The summed E-state index contributed by atoms with van der Waals surface area (Å²) < 4.78 is 14.1. The second-order valence-corrected chi connectivity index (χ2v) is 9.22. The van der Waals surface area contributed by atoms with E-state index < -0.39 is 5.82 Å². The highest BCUT2D eigenvalue weighted by molar-refractivity contribution is 7.22. The van der Waals surface area contributed by atoms with Crippen LogP contribution in [0.25, 0.3) is 10.2 Å². The third kappa shape index (κ3) is 3.97. The molecule has 1 aromatic carbocycles. The van der Waals surface area contributed by atoms with Crippen LogP contribution in [0.15, 0.2) is 12.1 Å². The van der Waals surface area contributed by atoms with Gasteiger partial charge >= 0.3 is 0 Å². The van der Waals surface area contributed by atoms with Gasteiger partial charge in [-0.25, -0.2) is 9.37 Å². The molecular weight excluding hydrogens is 387 g/mol. The quantitative estimate of drug-likeness (QED) is 0.832. The first-order chi connectivity index (χ1) is 12.9. The molecule has 5 nitrogen and oxygen atoms in total. The molecule has 0 saturated carbocycles. The second kappa shape index (κ2) is 7.62. The van der Waals surface area contributed by atoms with Crippen molar-refractivity contribution in [3.63, 3.8) is 0 Å². The number of fused-ring (bicyclic) bond motifs is 1. The summed E-state index contributed by atoms with van der Waals surface area (Å²) in [4.78, 5) is 22.0. The summed E-state index contributed by atoms with van der Waals surface area (Å²) in [6, 6.07) is 3.79. The molecule has 4 rings (SSSR count). The van der Waals surface area contributed by atoms with Gasteiger partial charge < -0.3 is 5.32 Å². The molecule has 8 heteroatoms. The molecule has 0 radical (unpaired) electrons. The summed E-state index contributed by atoms with van der Waals surface area (Å²) in [6.07, 6.45) is 1.93. The van der Waals surface area contributed by atoms with Crippen molar-refractivity contribution in [2.24, 2.45) is 5.92 Å². The van der Waals surface area contributed by atoms with Crippen molar-refractivity contribution in [1.82, 2.24) is 14.8 Å². The molecule has 146 valence electrons. The van der Waals surface area contributed by atoms with Crippen molar-refractivity contribution < 1.29 is 9.18 Å². The highest BCUT2D eigenvalue weighted by Crippen LogP contribution is 2.32. The van der Waals surface area contributed by atoms with Crippen LogP contribution in [0.5, 0.6) is 0 Å². The topological polar surface area (TPSA) is 48.5 Å². The summed E-state index contributed by atoms with van der Waals surface area (Å²) >= 11 is 7.31. The number of piperidine rings is 1. The largest absolute Gasteiger partial charge is 0.302 e. The number of likely N-dealkylation sites (tertiary alicyclic amines) is 2. The number of halogens is 2. The van der Waals surface area contributed by atoms with Crippen molar-refractivity contribution >= 4 is 44.2 Å². The maximum absolute atomic E-state index is 13.5. The molecule has 0 bridgehead atoms. The predicted molar refractivity (Wildman–Crippen MR) is 108 cm³/mol. The first-order valence-corrected chi connectivity index (χ1v) is 10.6. The third-order valence-corrected chi connectivity index (χ3v) is 6.81. The van der Waals surface area contributed by atoms with E-state index in [9.17, 15) is 9.18 Å². The van der Waals surface area contributed by atoms with Crippen LogP contribution in [0.3, 0.4) is 0 Å². The van der Waals surface area contributed by atoms with Crippen molar-refractivity contribution in [1.29, 1.82) is 0 Å². The van der Waals surface area contributed by atoms with Crippen molar-refractivity contribution in [3.8, 4) is 0 Å². The van der Waals surface area contributed by atoms with E-state index in [2.05, 4.69) is 33.9 Å². The van der Waals surface area contributed by atoms with Crippen LogP contribution in [0.4, 0.5) is 9.52 Å². The Bertz CT molecular complexity index is 852. The lowest BCUT2D eigenvalue weighted by molar-refractivity contribution is -0.122. The Morgan fingerprint density at radius 3 is 2.89 bits per heavy atom. The number of benzene rings is 1. The van der Waals surface area contributed by atoms with Gasteiger partial charge in [-0.05, 0) is 45.4 Å². The first kappa shape index (κ1) is 19.1. The van der Waals surface area contributed by atoms with Crippen LogP contribution in [-0.2, 0) is 4.79 Å². The molecule has 2 saturated heterocycles. The summed E-state index contributed by atoms with van der Waals surface area (Å²) in [6.45, 7) is 8.48. The Morgan fingerprint density at radius 2 is 2.15 bits per heavy atom. The van der Waals surface area contributed by atoms with Gasteiger partial charge in [-0.15, -0.1) is 0 Å². The van der Waals surface area contributed by atoms with E-state index in [1.807, 2.05) is 0 Å². The zero-order valence-corrected chi connectivity index (χ0v) is 17.1. The molecule has 27 heavy (non-hydrogen) atoms. The van der Waals surface area contributed by atoms with Crippen molar-refractivity contribution in [2.45, 2.75) is 38.8 Å². The van der Waals surface area contributed by atoms with E-state index in [1.54, 1.807) is 0 Å². The van der Waals surface area contributed by atoms with E-state index in [1.165, 1.54) is 23.5 Å². The second-order valence-electron chi connectivity index (χ2n) is 7.78. The minimum atomic E-state index is -0.395. The predicted octanol–water partition coefficient (Wildman–Crippen LogP) is 3.83. The molecule has 1 amide bonds. The molecule has 3 heterocycles. The van der Waals surface area contributed by atoms with Gasteiger partial charge in [-0.2, -0.15) is 0 Å². The Kier molecular flexibility index (Phi) is 5.38. The van der Waals surface area contributed by atoms with Crippen LogP contribution < -0.4 is 5.32 Å². The number of nitrogens with zero attached hydrogens (tertiary/aromatic N) is 3. The van der Waals surface area contributed by atoms with Gasteiger partial charge in [0.1, 0.15) is 11.3 Å². The van der Waals surface area contributed by atoms with Crippen LogP contribution in [-0.4, -0.2) is 59.0 Å². The van der Waals surface area contributed by atoms with Crippen LogP contribution in [0.2, 0.25) is 5.02 Å². The molecule has 1 aromatic heterocycles. The zero-order valence-electron chi connectivity index (χ0n) is 15.5. The summed E-state index contributed by atoms with van der Waals surface area (Å²) in [5.74, 6) is -0.436. The SMILES string of the molecule is CC(C)N1CC(N2CCCC(C(=O)Nc3nc4c(Cl)cc(F)cc4s3)C2)C1. The Balaban J connectivity index is 1.39. The molecule has 0 aliphatic carbocycles. The molecule has 2 aliphatic heterocycles. The average Bonchev–Trinajstić information content (AvgIpc) is 2.96. The van der Waals surface area contributed by atoms with Crippen LogP contribution in [0, 0.1) is 11.7 Å². The van der Waals surface area contributed by atoms with Crippen LogP contribution >= 0.6 is 22.9 Å². The molecule has 0 spiro atoms. The number of anilines is 1. The van der Waals surface area contributed by atoms with Gasteiger partial charge in [-0.1, -0.05) is 22.9 Å². The average molecular weight is 411 g/mol. The maximum atomic E-state index is 13.5. The van der Waals surface area contributed by atoms with Gasteiger partial charge in [-0.3, -0.25) is 14.6 Å². The fourth-order valence-electron chi connectivity index (χ4n) is 3.91. The molecular formula is C19H24ClFN4OS. The molecule has 2 aromatic rings. The standard InChI is InChI=1S/C19H24ClFN4OS/c1-11(2)25-9-14(10-25)24-5-3-4-12(8-24)18(26)23-19-22-17-15(20)6-13(21)7-16(17)27-19/h6-7,11-12,14H,3-5,8-10H2,1-2H3,(H,22,23,26). The minimum Gasteiger partial charge on any atom is -0.302 e. The van der Waals surface area contributed by atoms with Crippen molar-refractivity contribution in [2.75, 3.05) is 31.5 Å². The number of thiazole rings is 1. The number of nitrogens with one attached hydrogen (secondary N) is 1. The number of carbonyl (C=O) groups excluding carboxylic acids is 1. The normalized spacial score (nSPS) is 22.3. The van der Waals surface area contributed by atoms with E-state index in [-0.39, 0.29) is 16.8 Å². The number of hydrogen-bond acceptors (Lipinski definition) is 5. The lowest BCUT2D eigenvalue weighted by Gasteiger charge is -2.49. The van der Waals surface area contributed by atoms with E-state index >= 15 is 0 Å². The summed E-state index contributed by atoms with van der Waals surface area (Å²) in [5, 5.41) is 3.67. The lowest BCUT2D eigenvalue weighted by Crippen LogP contribution is -2.63. The molecule has 2 aliphatic rings. The third-order valence-electron chi connectivity index (χ3n) is 5.60. The summed E-state index contributed by atoms with van der Waals surface area (Å²) in [7, 11) is 0. The monoisotopic (exact) mass is 410 g/mol. The van der Waals surface area contributed by atoms with Crippen LogP contribution in [0.1, 0.15) is 26.7 Å². The van der Waals surface area contributed by atoms with Gasteiger partial charge in [0, 0.05) is 31.7 Å². The number of carbonyl (C=O) groups is 1. The Morgan fingerprint density at radius 1 is 1.37 bits per heavy atom. The van der Waals surface area contributed by atoms with E-state index in [0.29, 0.717) is 27.4 Å². The highest BCUT2D eigenvalue weighted by atomic mass is 35.5. The van der Waals surface area contributed by atoms with Gasteiger partial charge in [0.15, 0.2) is 5.13 Å². The molecule has 1 atom stereocenters. The number of amides is 1. The fourth-order valence-corrected chi connectivity index (χ4v) is 5.14. The molecule has 2 fully saturated rings. The smallest absolute Gasteiger partial charge is 0.230 e. The highest BCUT2D eigenvalue weighted by Gasteiger charge is 2.36. The Labute approximate surface area is 167 Å².